The molecule has 1 aromatic rings. The van der Waals surface area contributed by atoms with E-state index in [1.165, 1.54) is 0 Å². The summed E-state index contributed by atoms with van der Waals surface area (Å²) in [4.78, 5) is 11.5. The highest BCUT2D eigenvalue weighted by Crippen LogP contribution is 2.21. The number of nitrogens with one attached hydrogen (secondary N) is 1. The summed E-state index contributed by atoms with van der Waals surface area (Å²) in [7, 11) is 1.60. The number of primary amides is 1. The van der Waals surface area contributed by atoms with Gasteiger partial charge >= 0.3 is 0 Å². The lowest BCUT2D eigenvalue weighted by Crippen LogP contribution is -2.48. The molecule has 1 unspecified atom stereocenters. The molecule has 0 saturated heterocycles. The predicted octanol–water partition coefficient (Wildman–Crippen LogP) is 2.14. The van der Waals surface area contributed by atoms with Crippen molar-refractivity contribution >= 4 is 27.5 Å². The molecule has 3 N–H and O–H groups in total. The van der Waals surface area contributed by atoms with Gasteiger partial charge in [-0.05, 0) is 25.1 Å². The Bertz CT molecular complexity index is 398. The third kappa shape index (κ3) is 4.02. The number of methoxy groups -OCH3 is 1. The fraction of sp³-hybridized carbons (Fsp3) is 0.417. The number of halogens is 1. The van der Waals surface area contributed by atoms with Crippen LogP contribution in [0, 0.1) is 0 Å². The highest BCUT2D eigenvalue weighted by Gasteiger charge is 2.30. The molecule has 1 rings (SSSR count). The summed E-state index contributed by atoms with van der Waals surface area (Å²) in [5.74, 6) is -0.394. The summed E-state index contributed by atoms with van der Waals surface area (Å²) in [6.07, 6.45) is 0.519. The maximum atomic E-state index is 11.5. The molecule has 0 aliphatic heterocycles. The van der Waals surface area contributed by atoms with Crippen LogP contribution in [-0.2, 0) is 9.53 Å². The van der Waals surface area contributed by atoms with Crippen LogP contribution >= 0.6 is 15.9 Å². The van der Waals surface area contributed by atoms with E-state index in [4.69, 9.17) is 10.5 Å². The van der Waals surface area contributed by atoms with Gasteiger partial charge < -0.3 is 15.8 Å². The van der Waals surface area contributed by atoms with Crippen LogP contribution in [0.4, 0.5) is 5.69 Å². The number of carbonyl (C=O) groups excluding carboxylic acids is 1. The zero-order chi connectivity index (χ0) is 12.9. The Morgan fingerprint density at radius 1 is 1.59 bits per heavy atom. The van der Waals surface area contributed by atoms with Crippen molar-refractivity contribution in [1.29, 1.82) is 0 Å². The molecule has 0 bridgehead atoms. The molecule has 0 aliphatic rings. The minimum Gasteiger partial charge on any atom is -0.385 e. The van der Waals surface area contributed by atoms with Gasteiger partial charge in [-0.3, -0.25) is 4.79 Å². The van der Waals surface area contributed by atoms with E-state index in [-0.39, 0.29) is 0 Å². The average Bonchev–Trinajstić information content (AvgIpc) is 2.26. The van der Waals surface area contributed by atoms with E-state index in [2.05, 4.69) is 21.2 Å². The van der Waals surface area contributed by atoms with Gasteiger partial charge in [0.05, 0.1) is 0 Å². The highest BCUT2D eigenvalue weighted by molar-refractivity contribution is 9.10. The van der Waals surface area contributed by atoms with Crippen molar-refractivity contribution in [3.05, 3.63) is 28.7 Å². The number of ether oxygens (including phenoxy) is 1. The van der Waals surface area contributed by atoms with Crippen molar-refractivity contribution in [1.82, 2.24) is 0 Å². The molecular formula is C12H17BrN2O2. The van der Waals surface area contributed by atoms with E-state index in [1.807, 2.05) is 24.3 Å². The molecule has 1 atom stereocenters. The average molecular weight is 301 g/mol. The first-order chi connectivity index (χ1) is 7.98. The van der Waals surface area contributed by atoms with Gasteiger partial charge in [-0.1, -0.05) is 22.0 Å². The number of hydrogen-bond donors (Lipinski definition) is 2. The Morgan fingerprint density at radius 2 is 2.29 bits per heavy atom. The van der Waals surface area contributed by atoms with Crippen LogP contribution in [-0.4, -0.2) is 25.2 Å². The third-order valence-corrected chi connectivity index (χ3v) is 3.09. The zero-order valence-electron chi connectivity index (χ0n) is 10.00. The molecule has 0 heterocycles. The van der Waals surface area contributed by atoms with E-state index in [0.29, 0.717) is 13.0 Å². The SMILES string of the molecule is COCCC(C)(Nc1cccc(Br)c1)C(N)=O. The largest absolute Gasteiger partial charge is 0.385 e. The minimum absolute atomic E-state index is 0.394. The molecule has 1 amide bonds. The van der Waals surface area contributed by atoms with Gasteiger partial charge in [-0.15, -0.1) is 0 Å². The third-order valence-electron chi connectivity index (χ3n) is 2.59. The van der Waals surface area contributed by atoms with Crippen molar-refractivity contribution < 1.29 is 9.53 Å². The molecule has 17 heavy (non-hydrogen) atoms. The molecule has 5 heteroatoms. The van der Waals surface area contributed by atoms with Crippen LogP contribution in [0.3, 0.4) is 0 Å². The predicted molar refractivity (Wildman–Crippen MR) is 71.9 cm³/mol. The first-order valence-corrected chi connectivity index (χ1v) is 6.10. The molecule has 94 valence electrons. The number of amides is 1. The zero-order valence-corrected chi connectivity index (χ0v) is 11.6. The van der Waals surface area contributed by atoms with Crippen molar-refractivity contribution in [3.8, 4) is 0 Å². The van der Waals surface area contributed by atoms with E-state index >= 15 is 0 Å². The number of anilines is 1. The summed E-state index contributed by atoms with van der Waals surface area (Å²) < 4.78 is 5.94. The van der Waals surface area contributed by atoms with Crippen LogP contribution in [0.5, 0.6) is 0 Å². The molecule has 0 spiro atoms. The molecule has 0 fully saturated rings. The molecule has 0 aliphatic carbocycles. The van der Waals surface area contributed by atoms with Gasteiger partial charge in [0.1, 0.15) is 5.54 Å². The number of rotatable bonds is 6. The van der Waals surface area contributed by atoms with E-state index in [0.717, 1.165) is 10.2 Å². The second kappa shape index (κ2) is 6.02. The van der Waals surface area contributed by atoms with Gasteiger partial charge in [0.15, 0.2) is 0 Å². The maximum Gasteiger partial charge on any atom is 0.242 e. The Balaban J connectivity index is 2.83. The van der Waals surface area contributed by atoms with Crippen LogP contribution in [0.1, 0.15) is 13.3 Å². The number of nitrogens with two attached hydrogens (primary N) is 1. The first kappa shape index (κ1) is 14.0. The number of benzene rings is 1. The quantitative estimate of drug-likeness (QED) is 0.846. The second-order valence-corrected chi connectivity index (χ2v) is 4.99. The van der Waals surface area contributed by atoms with Gasteiger partial charge in [0, 0.05) is 30.3 Å². The van der Waals surface area contributed by atoms with Gasteiger partial charge in [0.25, 0.3) is 0 Å². The molecule has 0 radical (unpaired) electrons. The second-order valence-electron chi connectivity index (χ2n) is 4.07. The lowest BCUT2D eigenvalue weighted by atomic mass is 9.97. The van der Waals surface area contributed by atoms with Gasteiger partial charge in [-0.25, -0.2) is 0 Å². The molecule has 4 nitrogen and oxygen atoms in total. The lowest BCUT2D eigenvalue weighted by Gasteiger charge is -2.28. The Morgan fingerprint density at radius 3 is 2.82 bits per heavy atom. The molecule has 0 aromatic heterocycles. The van der Waals surface area contributed by atoms with Crippen LogP contribution in [0.15, 0.2) is 28.7 Å². The molecule has 0 saturated carbocycles. The van der Waals surface area contributed by atoms with Crippen LogP contribution < -0.4 is 11.1 Å². The van der Waals surface area contributed by atoms with Crippen molar-refractivity contribution in [2.45, 2.75) is 18.9 Å². The molecule has 1 aromatic carbocycles. The lowest BCUT2D eigenvalue weighted by molar-refractivity contribution is -0.122. The summed E-state index contributed by atoms with van der Waals surface area (Å²) >= 11 is 3.38. The van der Waals surface area contributed by atoms with Crippen LogP contribution in [0.2, 0.25) is 0 Å². The first-order valence-electron chi connectivity index (χ1n) is 5.30. The van der Waals surface area contributed by atoms with Crippen molar-refractivity contribution in [3.63, 3.8) is 0 Å². The fourth-order valence-corrected chi connectivity index (χ4v) is 1.84. The normalized spacial score (nSPS) is 14.1. The standard InChI is InChI=1S/C12H17BrN2O2/c1-12(11(14)16,6-7-17-2)15-10-5-3-4-9(13)8-10/h3-5,8,15H,6-7H2,1-2H3,(H2,14,16). The van der Waals surface area contributed by atoms with E-state index in [1.54, 1.807) is 14.0 Å². The smallest absolute Gasteiger partial charge is 0.242 e. The maximum absolute atomic E-state index is 11.5. The van der Waals surface area contributed by atoms with Crippen LogP contribution in [0.25, 0.3) is 0 Å². The number of carbonyl (C=O) groups is 1. The Labute approximate surface area is 110 Å². The summed E-state index contributed by atoms with van der Waals surface area (Å²) in [6.45, 7) is 2.25. The van der Waals surface area contributed by atoms with Gasteiger partial charge in [0.2, 0.25) is 5.91 Å². The Kier molecular flexibility index (Phi) is 4.96. The van der Waals surface area contributed by atoms with E-state index in [9.17, 15) is 4.79 Å². The number of hydrogen-bond acceptors (Lipinski definition) is 3. The van der Waals surface area contributed by atoms with Crippen molar-refractivity contribution in [2.24, 2.45) is 5.73 Å². The van der Waals surface area contributed by atoms with Crippen molar-refractivity contribution in [2.75, 3.05) is 19.0 Å². The molecular weight excluding hydrogens is 284 g/mol. The Hall–Kier alpha value is -1.07. The summed E-state index contributed by atoms with van der Waals surface area (Å²) in [5.41, 5.74) is 5.46. The van der Waals surface area contributed by atoms with E-state index < -0.39 is 11.4 Å². The monoisotopic (exact) mass is 300 g/mol. The highest BCUT2D eigenvalue weighted by atomic mass is 79.9. The topological polar surface area (TPSA) is 64.3 Å². The minimum atomic E-state index is -0.809. The summed E-state index contributed by atoms with van der Waals surface area (Å²) in [6, 6.07) is 7.60. The van der Waals surface area contributed by atoms with Gasteiger partial charge in [-0.2, -0.15) is 0 Å². The summed E-state index contributed by atoms with van der Waals surface area (Å²) in [5, 5.41) is 3.15. The fourth-order valence-electron chi connectivity index (χ4n) is 1.44.